The van der Waals surface area contributed by atoms with E-state index in [9.17, 15) is 9.59 Å². The predicted molar refractivity (Wildman–Crippen MR) is 67.1 cm³/mol. The highest BCUT2D eigenvalue weighted by atomic mass is 16.6. The summed E-state index contributed by atoms with van der Waals surface area (Å²) in [7, 11) is 0. The average molecular weight is 261 g/mol. The van der Waals surface area contributed by atoms with Gasteiger partial charge in [-0.25, -0.2) is 4.79 Å². The molecule has 0 aliphatic heterocycles. The Morgan fingerprint density at radius 1 is 1.22 bits per heavy atom. The van der Waals surface area contributed by atoms with Crippen LogP contribution in [0.3, 0.4) is 0 Å². The lowest BCUT2D eigenvalue weighted by Crippen LogP contribution is -3.21. The fraction of sp³-hybridized carbons (Fsp3) is 0.833. The zero-order chi connectivity index (χ0) is 14.2. The second kappa shape index (κ2) is 7.92. The van der Waals surface area contributed by atoms with Crippen molar-refractivity contribution in [2.45, 2.75) is 53.1 Å². The van der Waals surface area contributed by atoms with Crippen LogP contribution in [0.2, 0.25) is 0 Å². The molecule has 0 fully saturated rings. The van der Waals surface area contributed by atoms with Crippen LogP contribution in [-0.4, -0.2) is 30.9 Å². The maximum Gasteiger partial charge on any atom is 0.540 e. The van der Waals surface area contributed by atoms with Gasteiger partial charge in [-0.05, 0) is 34.1 Å². The van der Waals surface area contributed by atoms with Gasteiger partial charge < -0.3 is 9.47 Å². The zero-order valence-electron chi connectivity index (χ0n) is 12.0. The molecule has 0 bridgehead atoms. The van der Waals surface area contributed by atoms with Crippen LogP contribution in [-0.2, 0) is 9.47 Å². The predicted octanol–water partition coefficient (Wildman–Crippen LogP) is 1.27. The summed E-state index contributed by atoms with van der Waals surface area (Å²) in [5.41, 5.74) is 1.85. The third-order valence-electron chi connectivity index (χ3n) is 1.98. The largest absolute Gasteiger partial charge is 0.540 e. The number of amides is 2. The van der Waals surface area contributed by atoms with Crippen LogP contribution in [0.1, 0.15) is 47.5 Å². The van der Waals surface area contributed by atoms with Crippen LogP contribution < -0.4 is 10.4 Å². The maximum absolute atomic E-state index is 11.7. The molecule has 1 atom stereocenters. The normalized spacial score (nSPS) is 12.7. The zero-order valence-corrected chi connectivity index (χ0v) is 12.0. The van der Waals surface area contributed by atoms with Crippen molar-refractivity contribution in [3.63, 3.8) is 0 Å². The molecule has 0 saturated carbocycles. The minimum absolute atomic E-state index is 0.214. The highest BCUT2D eigenvalue weighted by Crippen LogP contribution is 2.05. The monoisotopic (exact) mass is 261 g/mol. The number of alkyl carbamates (subject to hydrolysis) is 1. The first-order valence-electron chi connectivity index (χ1n) is 6.33. The maximum atomic E-state index is 11.7. The molecule has 106 valence electrons. The summed E-state index contributed by atoms with van der Waals surface area (Å²) in [4.78, 5) is 23.1. The second-order valence-corrected chi connectivity index (χ2v) is 4.95. The number of hydrogen-bond donors (Lipinski definition) is 2. The number of unbranched alkanes of at least 4 members (excludes halogenated alkanes) is 1. The lowest BCUT2D eigenvalue weighted by molar-refractivity contribution is -0.861. The van der Waals surface area contributed by atoms with Gasteiger partial charge in [-0.3, -0.25) is 0 Å². The van der Waals surface area contributed by atoms with Gasteiger partial charge in [0.1, 0.15) is 12.1 Å². The molecular weight excluding hydrogens is 236 g/mol. The Bertz CT molecular complexity index is 274. The second-order valence-electron chi connectivity index (χ2n) is 4.95. The van der Waals surface area contributed by atoms with E-state index in [2.05, 4.69) is 5.43 Å². The molecule has 0 saturated heterocycles. The minimum Gasteiger partial charge on any atom is -0.446 e. The molecule has 0 aromatic carbocycles. The molecule has 0 aliphatic rings. The molecule has 2 N–H and O–H groups in total. The molecule has 0 aliphatic carbocycles. The molecule has 6 heteroatoms. The molecule has 0 spiro atoms. The van der Waals surface area contributed by atoms with E-state index in [4.69, 9.17) is 9.47 Å². The topological polar surface area (TPSA) is 69.1 Å². The molecule has 0 heterocycles. The number of hydrogen-bond acceptors (Lipinski definition) is 4. The number of rotatable bonds is 4. The number of nitrogens with one attached hydrogen (secondary N) is 2. The van der Waals surface area contributed by atoms with Crippen molar-refractivity contribution in [3.05, 3.63) is 0 Å². The van der Waals surface area contributed by atoms with E-state index in [0.29, 0.717) is 13.2 Å². The van der Waals surface area contributed by atoms with E-state index < -0.39 is 17.8 Å². The average Bonchev–Trinajstić information content (AvgIpc) is 2.23. The third-order valence-corrected chi connectivity index (χ3v) is 1.98. The molecule has 0 aromatic heterocycles. The van der Waals surface area contributed by atoms with Gasteiger partial charge in [0.2, 0.25) is 0 Å². The SMILES string of the molecule is CCCCOC(=O)N[NH+](CC)C(=O)OC(C)(C)C. The third kappa shape index (κ3) is 7.89. The van der Waals surface area contributed by atoms with E-state index in [1.54, 1.807) is 27.7 Å². The molecule has 2 amide bonds. The van der Waals surface area contributed by atoms with E-state index >= 15 is 0 Å². The number of ether oxygens (including phenoxy) is 2. The molecule has 0 rings (SSSR count). The fourth-order valence-electron chi connectivity index (χ4n) is 1.09. The summed E-state index contributed by atoms with van der Waals surface area (Å²) in [5, 5.41) is 0.214. The van der Waals surface area contributed by atoms with E-state index in [1.807, 2.05) is 6.92 Å². The Labute approximate surface area is 109 Å². The smallest absolute Gasteiger partial charge is 0.446 e. The van der Waals surface area contributed by atoms with Crippen molar-refractivity contribution in [1.29, 1.82) is 0 Å². The summed E-state index contributed by atoms with van der Waals surface area (Å²) in [6.45, 7) is 9.84. The van der Waals surface area contributed by atoms with Crippen molar-refractivity contribution in [1.82, 2.24) is 5.43 Å². The fourth-order valence-corrected chi connectivity index (χ4v) is 1.09. The summed E-state index contributed by atoms with van der Waals surface area (Å²) in [5.74, 6) is 0. The van der Waals surface area contributed by atoms with Crippen LogP contribution >= 0.6 is 0 Å². The van der Waals surface area contributed by atoms with Crippen molar-refractivity contribution >= 4 is 12.2 Å². The van der Waals surface area contributed by atoms with E-state index in [0.717, 1.165) is 12.8 Å². The van der Waals surface area contributed by atoms with Gasteiger partial charge in [-0.15, -0.1) is 5.01 Å². The van der Waals surface area contributed by atoms with Crippen LogP contribution in [0.4, 0.5) is 9.59 Å². The Morgan fingerprint density at radius 2 is 1.83 bits per heavy atom. The van der Waals surface area contributed by atoms with Gasteiger partial charge in [-0.2, -0.15) is 10.2 Å². The van der Waals surface area contributed by atoms with Crippen LogP contribution in [0.5, 0.6) is 0 Å². The standard InChI is InChI=1S/C12H24N2O4/c1-6-8-9-17-10(15)13-14(7-2)11(16)18-12(3,4)5/h6-9H2,1-5H3,(H,13,15)/p+1. The highest BCUT2D eigenvalue weighted by molar-refractivity contribution is 5.67. The van der Waals surface area contributed by atoms with Crippen LogP contribution in [0.15, 0.2) is 0 Å². The van der Waals surface area contributed by atoms with Gasteiger partial charge in [0.05, 0.1) is 6.61 Å². The number of carbonyl (C=O) groups excluding carboxylic acids is 2. The Balaban J connectivity index is 4.17. The van der Waals surface area contributed by atoms with Crippen molar-refractivity contribution in [2.75, 3.05) is 13.2 Å². The van der Waals surface area contributed by atoms with Gasteiger partial charge in [-0.1, -0.05) is 13.3 Å². The Hall–Kier alpha value is -1.30. The van der Waals surface area contributed by atoms with Gasteiger partial charge in [0.15, 0.2) is 0 Å². The van der Waals surface area contributed by atoms with Crippen molar-refractivity contribution in [3.8, 4) is 0 Å². The summed E-state index contributed by atoms with van der Waals surface area (Å²) < 4.78 is 10.1. The molecule has 18 heavy (non-hydrogen) atoms. The van der Waals surface area contributed by atoms with Crippen LogP contribution in [0.25, 0.3) is 0 Å². The van der Waals surface area contributed by atoms with Gasteiger partial charge in [0, 0.05) is 0 Å². The Morgan fingerprint density at radius 3 is 2.28 bits per heavy atom. The van der Waals surface area contributed by atoms with E-state index in [1.165, 1.54) is 0 Å². The highest BCUT2D eigenvalue weighted by Gasteiger charge is 2.28. The number of carbonyl (C=O) groups is 2. The lowest BCUT2D eigenvalue weighted by atomic mass is 10.2. The Kier molecular flexibility index (Phi) is 7.35. The van der Waals surface area contributed by atoms with Gasteiger partial charge >= 0.3 is 12.2 Å². The molecule has 1 unspecified atom stereocenters. The van der Waals surface area contributed by atoms with Crippen LogP contribution in [0, 0.1) is 0 Å². The summed E-state index contributed by atoms with van der Waals surface area (Å²) in [6, 6.07) is 0. The first kappa shape index (κ1) is 16.7. The van der Waals surface area contributed by atoms with E-state index in [-0.39, 0.29) is 5.01 Å². The summed E-state index contributed by atoms with van der Waals surface area (Å²) >= 11 is 0. The van der Waals surface area contributed by atoms with Crippen molar-refractivity contribution in [2.24, 2.45) is 0 Å². The molecule has 0 radical (unpaired) electrons. The molecule has 0 aromatic rings. The molecule has 6 nitrogen and oxygen atoms in total. The van der Waals surface area contributed by atoms with Crippen molar-refractivity contribution < 1.29 is 24.1 Å². The quantitative estimate of drug-likeness (QED) is 0.590. The molecular formula is C12H25N2O4+. The van der Waals surface area contributed by atoms with Gasteiger partial charge in [0.25, 0.3) is 0 Å². The summed E-state index contributed by atoms with van der Waals surface area (Å²) in [6.07, 6.45) is 0.633. The lowest BCUT2D eigenvalue weighted by Gasteiger charge is -2.21. The number of quaternary nitrogens is 1. The first-order valence-corrected chi connectivity index (χ1v) is 6.33. The minimum atomic E-state index is -0.605. The first-order chi connectivity index (χ1) is 8.30.